The second-order valence-electron chi connectivity index (χ2n) is 9.60. The fourth-order valence-corrected chi connectivity index (χ4v) is 6.08. The van der Waals surface area contributed by atoms with E-state index in [2.05, 4.69) is 11.1 Å². The van der Waals surface area contributed by atoms with E-state index in [1.54, 1.807) is 30.3 Å². The molecule has 3 aromatic rings. The highest BCUT2D eigenvalue weighted by molar-refractivity contribution is 5.85. The zero-order valence-corrected chi connectivity index (χ0v) is 21.9. The Bertz CT molecular complexity index is 1310. The lowest BCUT2D eigenvalue weighted by Gasteiger charge is -2.41. The van der Waals surface area contributed by atoms with E-state index in [1.807, 2.05) is 49.3 Å². The van der Waals surface area contributed by atoms with Crippen molar-refractivity contribution in [1.29, 1.82) is 5.26 Å². The van der Waals surface area contributed by atoms with Gasteiger partial charge in [0.15, 0.2) is 11.2 Å². The van der Waals surface area contributed by atoms with Crippen LogP contribution in [0.5, 0.6) is 17.5 Å². The molecule has 1 saturated carbocycles. The van der Waals surface area contributed by atoms with Gasteiger partial charge in [0.05, 0.1) is 37.5 Å². The normalized spacial score (nSPS) is 27.5. The highest BCUT2D eigenvalue weighted by Gasteiger charge is 2.77. The number of hydrogen-bond donors (Lipinski definition) is 2. The van der Waals surface area contributed by atoms with Crippen LogP contribution in [-0.2, 0) is 11.2 Å². The summed E-state index contributed by atoms with van der Waals surface area (Å²) in [5, 5.41) is 34.1. The van der Waals surface area contributed by atoms with Crippen LogP contribution in [0.4, 0.5) is 0 Å². The summed E-state index contributed by atoms with van der Waals surface area (Å²) in [4.78, 5) is 6.40. The minimum atomic E-state index is -1.91. The molecule has 0 amide bonds. The minimum Gasteiger partial charge on any atom is -0.481 e. The molecule has 5 atom stereocenters. The number of halogens is 1. The summed E-state index contributed by atoms with van der Waals surface area (Å²) < 4.78 is 17.8. The van der Waals surface area contributed by atoms with Crippen LogP contribution in [0.15, 0.2) is 60.7 Å². The molecule has 1 aliphatic heterocycles. The van der Waals surface area contributed by atoms with Crippen molar-refractivity contribution < 1.29 is 24.4 Å². The van der Waals surface area contributed by atoms with Gasteiger partial charge in [0.1, 0.15) is 5.75 Å². The Morgan fingerprint density at radius 1 is 1.08 bits per heavy atom. The van der Waals surface area contributed by atoms with E-state index in [0.717, 1.165) is 5.56 Å². The number of rotatable bonds is 6. The van der Waals surface area contributed by atoms with Crippen LogP contribution in [0.2, 0.25) is 0 Å². The molecule has 2 N–H and O–H groups in total. The van der Waals surface area contributed by atoms with Crippen molar-refractivity contribution in [1.82, 2.24) is 9.88 Å². The molecular formula is C28H30ClN3O5. The SMILES string of the molecule is COc1cc2c(c(OC)n1)[C@]1(O)[C@H](O)[C@H](CN(C)C)[C@@H](c3ccccc3)[C@]1(c1ccc(C#N)cc1)O2.Cl. The monoisotopic (exact) mass is 523 g/mol. The van der Waals surface area contributed by atoms with Crippen LogP contribution in [-0.4, -0.2) is 61.1 Å². The fourth-order valence-electron chi connectivity index (χ4n) is 6.08. The maximum absolute atomic E-state index is 12.8. The van der Waals surface area contributed by atoms with E-state index >= 15 is 0 Å². The van der Waals surface area contributed by atoms with Crippen molar-refractivity contribution >= 4 is 12.4 Å². The van der Waals surface area contributed by atoms with Gasteiger partial charge in [0.2, 0.25) is 11.8 Å². The molecule has 2 aliphatic rings. The van der Waals surface area contributed by atoms with Crippen LogP contribution in [0.25, 0.3) is 0 Å². The number of pyridine rings is 1. The van der Waals surface area contributed by atoms with E-state index in [9.17, 15) is 15.5 Å². The molecular weight excluding hydrogens is 494 g/mol. The molecule has 0 unspecified atom stereocenters. The van der Waals surface area contributed by atoms with Crippen molar-refractivity contribution in [3.63, 3.8) is 0 Å². The van der Waals surface area contributed by atoms with Crippen LogP contribution in [0, 0.1) is 17.2 Å². The number of aliphatic hydroxyl groups is 2. The molecule has 8 nitrogen and oxygen atoms in total. The van der Waals surface area contributed by atoms with Crippen LogP contribution >= 0.6 is 12.4 Å². The van der Waals surface area contributed by atoms with Gasteiger partial charge in [-0.05, 0) is 37.4 Å². The first kappa shape index (κ1) is 26.7. The standard InChI is InChI=1S/C28H29N3O5.ClH/c1-31(2)16-20-23(18-8-6-5-7-9-18)28(19-12-10-17(15-29)11-13-19)27(33,25(20)32)24-21(36-28)14-22(34-3)30-26(24)35-4;/h5-14,20,23,25,32-33H,16H2,1-4H3;1H/t20-,23-,25-,27+,28+;/m1./s1. The first-order chi connectivity index (χ1) is 17.3. The molecule has 0 radical (unpaired) electrons. The molecule has 2 heterocycles. The van der Waals surface area contributed by atoms with Crippen molar-refractivity contribution in [2.75, 3.05) is 34.9 Å². The molecule has 0 spiro atoms. The first-order valence-corrected chi connectivity index (χ1v) is 11.7. The van der Waals surface area contributed by atoms with E-state index in [-0.39, 0.29) is 29.7 Å². The number of nitrogens with zero attached hydrogens (tertiary/aromatic N) is 3. The Morgan fingerprint density at radius 3 is 2.32 bits per heavy atom. The van der Waals surface area contributed by atoms with Gasteiger partial charge in [-0.2, -0.15) is 10.2 Å². The predicted octanol–water partition coefficient (Wildman–Crippen LogP) is 3.20. The Kier molecular flexibility index (Phi) is 7.10. The molecule has 9 heteroatoms. The smallest absolute Gasteiger partial charge is 0.226 e. The van der Waals surface area contributed by atoms with Gasteiger partial charge in [-0.1, -0.05) is 42.5 Å². The number of methoxy groups -OCH3 is 2. The van der Waals surface area contributed by atoms with Gasteiger partial charge in [-0.15, -0.1) is 12.4 Å². The molecule has 194 valence electrons. The third-order valence-corrected chi connectivity index (χ3v) is 7.42. The summed E-state index contributed by atoms with van der Waals surface area (Å²) in [5.74, 6) is -0.160. The van der Waals surface area contributed by atoms with E-state index in [4.69, 9.17) is 14.2 Å². The molecule has 1 fully saturated rings. The van der Waals surface area contributed by atoms with E-state index < -0.39 is 29.1 Å². The fraction of sp³-hybridized carbons (Fsp3) is 0.357. The zero-order chi connectivity index (χ0) is 25.7. The molecule has 1 aromatic heterocycles. The molecule has 1 aliphatic carbocycles. The molecule has 5 rings (SSSR count). The Hall–Kier alpha value is -3.35. The Labute approximate surface area is 222 Å². The highest BCUT2D eigenvalue weighted by atomic mass is 35.5. The maximum atomic E-state index is 12.8. The number of aromatic nitrogens is 1. The van der Waals surface area contributed by atoms with Crippen LogP contribution in [0.1, 0.15) is 28.2 Å². The second kappa shape index (κ2) is 9.84. The second-order valence-corrected chi connectivity index (χ2v) is 9.60. The summed E-state index contributed by atoms with van der Waals surface area (Å²) in [7, 11) is 6.82. The van der Waals surface area contributed by atoms with Crippen molar-refractivity contribution in [2.45, 2.75) is 23.2 Å². The van der Waals surface area contributed by atoms with Crippen molar-refractivity contribution in [3.05, 3.63) is 82.9 Å². The summed E-state index contributed by atoms with van der Waals surface area (Å²) in [6.45, 7) is 0.492. The molecule has 2 aromatic carbocycles. The Balaban J connectivity index is 0.00000320. The average molecular weight is 524 g/mol. The van der Waals surface area contributed by atoms with Gasteiger partial charge in [0, 0.05) is 24.4 Å². The van der Waals surface area contributed by atoms with Gasteiger partial charge in [0.25, 0.3) is 0 Å². The molecule has 0 bridgehead atoms. The quantitative estimate of drug-likeness (QED) is 0.507. The summed E-state index contributed by atoms with van der Waals surface area (Å²) in [6, 6.07) is 20.5. The number of benzene rings is 2. The van der Waals surface area contributed by atoms with Crippen LogP contribution in [0.3, 0.4) is 0 Å². The van der Waals surface area contributed by atoms with Gasteiger partial charge in [-0.3, -0.25) is 0 Å². The summed E-state index contributed by atoms with van der Waals surface area (Å²) >= 11 is 0. The maximum Gasteiger partial charge on any atom is 0.226 e. The van der Waals surface area contributed by atoms with E-state index in [1.165, 1.54) is 14.2 Å². The third-order valence-electron chi connectivity index (χ3n) is 7.42. The average Bonchev–Trinajstić information content (AvgIpc) is 3.26. The lowest BCUT2D eigenvalue weighted by Crippen LogP contribution is -2.52. The molecule has 0 saturated heterocycles. The zero-order valence-electron chi connectivity index (χ0n) is 21.1. The summed E-state index contributed by atoms with van der Waals surface area (Å²) in [6.07, 6.45) is -1.23. The summed E-state index contributed by atoms with van der Waals surface area (Å²) in [5.41, 5.74) is -1.04. The van der Waals surface area contributed by atoms with Crippen LogP contribution < -0.4 is 14.2 Å². The predicted molar refractivity (Wildman–Crippen MR) is 139 cm³/mol. The first-order valence-electron chi connectivity index (χ1n) is 11.7. The lowest BCUT2D eigenvalue weighted by atomic mass is 9.70. The van der Waals surface area contributed by atoms with E-state index in [0.29, 0.717) is 23.4 Å². The highest BCUT2D eigenvalue weighted by Crippen LogP contribution is 2.69. The number of nitriles is 1. The third kappa shape index (κ3) is 3.73. The lowest BCUT2D eigenvalue weighted by molar-refractivity contribution is -0.152. The van der Waals surface area contributed by atoms with Crippen molar-refractivity contribution in [3.8, 4) is 23.6 Å². The van der Waals surface area contributed by atoms with Gasteiger partial charge in [-0.25, -0.2) is 0 Å². The largest absolute Gasteiger partial charge is 0.481 e. The number of aliphatic hydroxyl groups excluding tert-OH is 1. The number of ether oxygens (including phenoxy) is 3. The number of hydrogen-bond acceptors (Lipinski definition) is 8. The number of fused-ring (bicyclic) bond motifs is 3. The minimum absolute atomic E-state index is 0. The Morgan fingerprint density at radius 2 is 1.76 bits per heavy atom. The molecule has 37 heavy (non-hydrogen) atoms. The van der Waals surface area contributed by atoms with Gasteiger partial charge >= 0.3 is 0 Å². The van der Waals surface area contributed by atoms with Gasteiger partial charge < -0.3 is 29.3 Å². The van der Waals surface area contributed by atoms with Crippen molar-refractivity contribution in [2.24, 2.45) is 5.92 Å². The topological polar surface area (TPSA) is 108 Å².